The Morgan fingerprint density at radius 3 is 2.52 bits per heavy atom. The van der Waals surface area contributed by atoms with Gasteiger partial charge < -0.3 is 20.7 Å². The van der Waals surface area contributed by atoms with Gasteiger partial charge in [-0.2, -0.15) is 0 Å². The van der Waals surface area contributed by atoms with Crippen LogP contribution in [0.4, 0.5) is 4.39 Å². The molecular weight excluding hydrogens is 431 g/mol. The van der Waals surface area contributed by atoms with Gasteiger partial charge in [-0.05, 0) is 41.0 Å². The van der Waals surface area contributed by atoms with Gasteiger partial charge in [0.15, 0.2) is 11.8 Å². The van der Waals surface area contributed by atoms with Gasteiger partial charge in [-0.15, -0.1) is 5.10 Å². The molecular formula is C20H18ClFN4O5. The van der Waals surface area contributed by atoms with Gasteiger partial charge >= 0.3 is 5.97 Å². The second-order valence-corrected chi connectivity index (χ2v) is 7.25. The number of nitrogens with zero attached hydrogens (tertiary/aromatic N) is 3. The fraction of sp³-hybridized carbons (Fsp3) is 0.200. The summed E-state index contributed by atoms with van der Waals surface area (Å²) in [6.45, 7) is 0. The number of rotatable bonds is 8. The van der Waals surface area contributed by atoms with E-state index in [0.29, 0.717) is 26.6 Å². The van der Waals surface area contributed by atoms with E-state index in [4.69, 9.17) is 21.9 Å². The summed E-state index contributed by atoms with van der Waals surface area (Å²) >= 11 is 5.94. The van der Waals surface area contributed by atoms with E-state index in [-0.39, 0.29) is 18.5 Å². The third-order valence-corrected chi connectivity index (χ3v) is 4.75. The number of aromatic nitrogens is 3. The van der Waals surface area contributed by atoms with Gasteiger partial charge in [0.05, 0.1) is 6.20 Å². The number of benzene rings is 2. The third kappa shape index (κ3) is 5.77. The summed E-state index contributed by atoms with van der Waals surface area (Å²) in [5, 5.41) is 37.6. The van der Waals surface area contributed by atoms with Crippen LogP contribution in [0.25, 0.3) is 11.1 Å². The number of amides is 1. The molecule has 0 saturated heterocycles. The molecule has 9 nitrogen and oxygen atoms in total. The number of hydrogen-bond donors (Lipinski definition) is 4. The Labute approximate surface area is 180 Å². The Morgan fingerprint density at radius 1 is 1.19 bits per heavy atom. The average molecular weight is 449 g/mol. The summed E-state index contributed by atoms with van der Waals surface area (Å²) in [4.78, 5) is 23.7. The topological polar surface area (TPSA) is 138 Å². The summed E-state index contributed by atoms with van der Waals surface area (Å²) in [5.74, 6) is -2.54. The molecule has 11 heteroatoms. The number of carbonyl (C=O) groups excluding carboxylic acids is 1. The molecule has 0 aliphatic heterocycles. The van der Waals surface area contributed by atoms with Crippen LogP contribution in [0.1, 0.15) is 22.5 Å². The Kier molecular flexibility index (Phi) is 6.83. The van der Waals surface area contributed by atoms with Crippen molar-refractivity contribution in [1.29, 1.82) is 0 Å². The Hall–Kier alpha value is -3.50. The minimum absolute atomic E-state index is 0.177. The Morgan fingerprint density at radius 2 is 1.90 bits per heavy atom. The lowest BCUT2D eigenvalue weighted by Crippen LogP contribution is -2.40. The van der Waals surface area contributed by atoms with Crippen LogP contribution in [0.5, 0.6) is 0 Å². The van der Waals surface area contributed by atoms with Crippen molar-refractivity contribution in [1.82, 2.24) is 20.5 Å². The summed E-state index contributed by atoms with van der Waals surface area (Å²) < 4.78 is 14.1. The molecule has 0 fully saturated rings. The number of carboxylic acid groups (broad SMARTS) is 1. The highest BCUT2D eigenvalue weighted by molar-refractivity contribution is 6.30. The lowest BCUT2D eigenvalue weighted by molar-refractivity contribution is -0.147. The summed E-state index contributed by atoms with van der Waals surface area (Å²) in [5.41, 5.74) is 1.45. The van der Waals surface area contributed by atoms with E-state index in [9.17, 15) is 19.1 Å². The predicted octanol–water partition coefficient (Wildman–Crippen LogP) is 2.15. The van der Waals surface area contributed by atoms with Crippen molar-refractivity contribution in [2.75, 3.05) is 0 Å². The zero-order chi connectivity index (χ0) is 22.5. The van der Waals surface area contributed by atoms with Gasteiger partial charge in [-0.1, -0.05) is 40.7 Å². The first-order chi connectivity index (χ1) is 14.7. The number of halogens is 2. The van der Waals surface area contributed by atoms with Crippen molar-refractivity contribution in [2.24, 2.45) is 0 Å². The van der Waals surface area contributed by atoms with Crippen molar-refractivity contribution in [3.05, 3.63) is 70.8 Å². The Bertz CT molecular complexity index is 1090. The van der Waals surface area contributed by atoms with Crippen LogP contribution in [-0.4, -0.2) is 54.6 Å². The predicted molar refractivity (Wildman–Crippen MR) is 107 cm³/mol. The molecule has 0 saturated carbocycles. The van der Waals surface area contributed by atoms with Crippen molar-refractivity contribution in [3.63, 3.8) is 0 Å². The highest BCUT2D eigenvalue weighted by atomic mass is 35.5. The minimum Gasteiger partial charge on any atom is -0.479 e. The summed E-state index contributed by atoms with van der Waals surface area (Å²) in [6.07, 6.45) is -0.798. The fourth-order valence-corrected chi connectivity index (χ4v) is 3.18. The van der Waals surface area contributed by atoms with E-state index < -0.39 is 29.8 Å². The molecule has 31 heavy (non-hydrogen) atoms. The number of hydrogen-bond acceptors (Lipinski definition) is 6. The molecule has 1 aromatic heterocycles. The molecule has 3 rings (SSSR count). The molecule has 2 aromatic carbocycles. The molecule has 0 bridgehead atoms. The molecule has 0 spiro atoms. The Balaban J connectivity index is 1.77. The molecule has 1 amide bonds. The maximum Gasteiger partial charge on any atom is 0.332 e. The number of carboxylic acids is 1. The summed E-state index contributed by atoms with van der Waals surface area (Å²) in [6, 6.07) is 10.2. The number of carbonyl (C=O) groups is 2. The van der Waals surface area contributed by atoms with Crippen molar-refractivity contribution < 1.29 is 29.4 Å². The van der Waals surface area contributed by atoms with Crippen LogP contribution < -0.4 is 5.32 Å². The highest BCUT2D eigenvalue weighted by Gasteiger charge is 2.23. The quantitative estimate of drug-likeness (QED) is 0.387. The van der Waals surface area contributed by atoms with E-state index in [1.807, 2.05) is 0 Å². The van der Waals surface area contributed by atoms with Crippen LogP contribution in [-0.2, 0) is 11.2 Å². The number of aliphatic hydroxyl groups excluding tert-OH is 1. The minimum atomic E-state index is -1.70. The van der Waals surface area contributed by atoms with E-state index in [1.54, 1.807) is 24.3 Å². The van der Waals surface area contributed by atoms with Crippen LogP contribution in [0.15, 0.2) is 48.7 Å². The van der Waals surface area contributed by atoms with E-state index in [1.165, 1.54) is 18.2 Å². The van der Waals surface area contributed by atoms with Gasteiger partial charge in [0.25, 0.3) is 5.91 Å². The monoisotopic (exact) mass is 448 g/mol. The molecule has 0 aliphatic carbocycles. The molecule has 3 aromatic rings. The van der Waals surface area contributed by atoms with Crippen LogP contribution in [0, 0.1) is 5.82 Å². The first-order valence-corrected chi connectivity index (χ1v) is 9.48. The first kappa shape index (κ1) is 22.2. The zero-order valence-corrected chi connectivity index (χ0v) is 16.7. The van der Waals surface area contributed by atoms with E-state index in [2.05, 4.69) is 15.6 Å². The van der Waals surface area contributed by atoms with Gasteiger partial charge in [0.1, 0.15) is 5.82 Å². The maximum atomic E-state index is 14.1. The normalized spacial score (nSPS) is 12.9. The first-order valence-electron chi connectivity index (χ1n) is 9.10. The van der Waals surface area contributed by atoms with Crippen molar-refractivity contribution in [2.45, 2.75) is 25.0 Å². The second kappa shape index (κ2) is 9.54. The molecule has 0 radical (unpaired) electrons. The highest BCUT2D eigenvalue weighted by Crippen LogP contribution is 2.26. The lowest BCUT2D eigenvalue weighted by atomic mass is 9.97. The maximum absolute atomic E-state index is 14.1. The molecule has 1 heterocycles. The molecule has 0 aliphatic rings. The SMILES string of the molecule is O=C(N[C@H](Cc1ccc(-c2cc(Cl)ccc2F)cc1)CC(O)C(=O)O)c1cn(O)nn1. The smallest absolute Gasteiger partial charge is 0.332 e. The lowest BCUT2D eigenvalue weighted by Gasteiger charge is -2.20. The zero-order valence-electron chi connectivity index (χ0n) is 15.9. The number of nitrogens with one attached hydrogen (secondary N) is 1. The van der Waals surface area contributed by atoms with Crippen molar-refractivity contribution in [3.8, 4) is 11.1 Å². The van der Waals surface area contributed by atoms with E-state index >= 15 is 0 Å². The largest absolute Gasteiger partial charge is 0.479 e. The molecule has 162 valence electrons. The van der Waals surface area contributed by atoms with Crippen molar-refractivity contribution >= 4 is 23.5 Å². The number of aliphatic carboxylic acids is 1. The summed E-state index contributed by atoms with van der Waals surface area (Å²) in [7, 11) is 0. The van der Waals surface area contributed by atoms with Gasteiger partial charge in [-0.3, -0.25) is 4.79 Å². The van der Waals surface area contributed by atoms with Gasteiger partial charge in [0, 0.05) is 23.0 Å². The molecule has 4 N–H and O–H groups in total. The standard InChI is InChI=1S/C20H18ClFN4O5/c21-13-5-6-16(22)15(8-13)12-3-1-11(2-4-12)7-14(9-18(27)20(29)30)23-19(28)17-10-26(31)25-24-17/h1-6,8,10,14,18,27,31H,7,9H2,(H,23,28)(H,29,30)/t14-,18?/m1/s1. The van der Waals surface area contributed by atoms with Crippen LogP contribution >= 0.6 is 11.6 Å². The molecule has 1 unspecified atom stereocenters. The average Bonchev–Trinajstić information content (AvgIpc) is 3.17. The molecule has 2 atom stereocenters. The fourth-order valence-electron chi connectivity index (χ4n) is 3.01. The van der Waals surface area contributed by atoms with Crippen LogP contribution in [0.2, 0.25) is 5.02 Å². The van der Waals surface area contributed by atoms with E-state index in [0.717, 1.165) is 6.20 Å². The second-order valence-electron chi connectivity index (χ2n) is 6.81. The number of aliphatic hydroxyl groups is 1. The van der Waals surface area contributed by atoms with Gasteiger partial charge in [-0.25, -0.2) is 9.18 Å². The van der Waals surface area contributed by atoms with Gasteiger partial charge in [0.2, 0.25) is 0 Å². The third-order valence-electron chi connectivity index (χ3n) is 4.52. The van der Waals surface area contributed by atoms with Crippen LogP contribution in [0.3, 0.4) is 0 Å².